The van der Waals surface area contributed by atoms with E-state index >= 15 is 0 Å². The number of esters is 1. The Morgan fingerprint density at radius 1 is 1.33 bits per heavy atom. The van der Waals surface area contributed by atoms with Gasteiger partial charge in [0.15, 0.2) is 6.61 Å². The van der Waals surface area contributed by atoms with Gasteiger partial charge in [0.1, 0.15) is 0 Å². The topological polar surface area (TPSA) is 94.6 Å². The van der Waals surface area contributed by atoms with Crippen LogP contribution in [-0.2, 0) is 16.1 Å². The zero-order valence-electron chi connectivity index (χ0n) is 14.5. The number of nitrogens with two attached hydrogens (primary N) is 1. The number of hydrogen-bond donors (Lipinski definition) is 1. The van der Waals surface area contributed by atoms with Gasteiger partial charge < -0.3 is 19.9 Å². The Labute approximate surface area is 141 Å². The van der Waals surface area contributed by atoms with Crippen LogP contribution in [0, 0.1) is 19.8 Å². The number of Topliss-reactive ketones (excluding diaryl/α,β-unsaturated/α-hetero) is 1. The van der Waals surface area contributed by atoms with Crippen molar-refractivity contribution >= 4 is 17.8 Å². The van der Waals surface area contributed by atoms with Crippen LogP contribution in [0.15, 0.2) is 6.07 Å². The van der Waals surface area contributed by atoms with E-state index in [1.165, 1.54) is 4.90 Å². The van der Waals surface area contributed by atoms with Crippen molar-refractivity contribution in [2.24, 2.45) is 11.7 Å². The maximum absolute atomic E-state index is 12.3. The second-order valence-electron chi connectivity index (χ2n) is 6.18. The highest BCUT2D eigenvalue weighted by Gasteiger charge is 2.29. The number of carbonyl (C=O) groups excluding carboxylic acids is 3. The molecule has 24 heavy (non-hydrogen) atoms. The highest BCUT2D eigenvalue weighted by molar-refractivity contribution is 5.99. The Morgan fingerprint density at radius 3 is 2.62 bits per heavy atom. The summed E-state index contributed by atoms with van der Waals surface area (Å²) in [7, 11) is 0. The van der Waals surface area contributed by atoms with Crippen molar-refractivity contribution in [1.29, 1.82) is 0 Å². The molecule has 1 aliphatic rings. The van der Waals surface area contributed by atoms with Gasteiger partial charge in [0, 0.05) is 36.6 Å². The smallest absolute Gasteiger partial charge is 0.314 e. The van der Waals surface area contributed by atoms with Crippen LogP contribution in [0.2, 0.25) is 0 Å². The fourth-order valence-corrected chi connectivity index (χ4v) is 3.27. The van der Waals surface area contributed by atoms with E-state index in [0.717, 1.165) is 17.9 Å². The average Bonchev–Trinajstić information content (AvgIpc) is 2.86. The largest absolute Gasteiger partial charge is 0.457 e. The Hall–Kier alpha value is -2.31. The first kappa shape index (κ1) is 18.0. The van der Waals surface area contributed by atoms with E-state index in [4.69, 9.17) is 10.5 Å². The van der Waals surface area contributed by atoms with Gasteiger partial charge in [0.2, 0.25) is 5.78 Å². The van der Waals surface area contributed by atoms with Gasteiger partial charge in [-0.15, -0.1) is 0 Å². The normalized spacial score (nSPS) is 17.6. The number of ether oxygens (including phenoxy) is 1. The van der Waals surface area contributed by atoms with Crippen LogP contribution < -0.4 is 5.73 Å². The second-order valence-corrected chi connectivity index (χ2v) is 6.18. The van der Waals surface area contributed by atoms with Gasteiger partial charge in [-0.3, -0.25) is 9.59 Å². The second kappa shape index (κ2) is 7.51. The first-order valence-corrected chi connectivity index (χ1v) is 8.26. The molecule has 1 fully saturated rings. The first-order valence-electron chi connectivity index (χ1n) is 8.26. The van der Waals surface area contributed by atoms with Gasteiger partial charge in [-0.2, -0.15) is 0 Å². The Balaban J connectivity index is 1.94. The van der Waals surface area contributed by atoms with Crippen LogP contribution in [0.1, 0.15) is 41.5 Å². The van der Waals surface area contributed by atoms with E-state index < -0.39 is 17.9 Å². The van der Waals surface area contributed by atoms with E-state index in [0.29, 0.717) is 24.9 Å². The zero-order chi connectivity index (χ0) is 17.9. The molecule has 0 radical (unpaired) electrons. The summed E-state index contributed by atoms with van der Waals surface area (Å²) in [4.78, 5) is 37.1. The standard InChI is InChI=1S/C17H25N3O4/c1-4-20-11(2)8-14(12(20)3)15(21)10-24-16(22)13-6-5-7-19(9-13)17(18)23/h8,13H,4-7,9-10H2,1-3H3,(H2,18,23). The fraction of sp³-hybridized carbons (Fsp3) is 0.588. The summed E-state index contributed by atoms with van der Waals surface area (Å²) in [5, 5.41) is 0. The van der Waals surface area contributed by atoms with Crippen LogP contribution in [-0.4, -0.2) is 46.9 Å². The number of nitrogens with zero attached hydrogens (tertiary/aromatic N) is 2. The van der Waals surface area contributed by atoms with Crippen molar-refractivity contribution in [3.63, 3.8) is 0 Å². The molecule has 1 atom stereocenters. The van der Waals surface area contributed by atoms with Gasteiger partial charge in [-0.1, -0.05) is 0 Å². The summed E-state index contributed by atoms with van der Waals surface area (Å²) in [6.07, 6.45) is 1.34. The van der Waals surface area contributed by atoms with Crippen LogP contribution in [0.3, 0.4) is 0 Å². The molecule has 132 valence electrons. The van der Waals surface area contributed by atoms with E-state index in [1.54, 1.807) is 0 Å². The van der Waals surface area contributed by atoms with E-state index in [-0.39, 0.29) is 18.9 Å². The summed E-state index contributed by atoms with van der Waals surface area (Å²) < 4.78 is 7.23. The third kappa shape index (κ3) is 3.77. The molecule has 1 aliphatic heterocycles. The van der Waals surface area contributed by atoms with E-state index in [9.17, 15) is 14.4 Å². The quantitative estimate of drug-likeness (QED) is 0.654. The number of hydrogen-bond acceptors (Lipinski definition) is 4. The Bertz CT molecular complexity index is 651. The van der Waals surface area contributed by atoms with Crippen LogP contribution in [0.5, 0.6) is 0 Å². The molecule has 1 unspecified atom stereocenters. The average molecular weight is 335 g/mol. The van der Waals surface area contributed by atoms with Gasteiger partial charge in [-0.05, 0) is 39.7 Å². The molecule has 0 aliphatic carbocycles. The number of amides is 2. The molecule has 0 bridgehead atoms. The molecular formula is C17H25N3O4. The van der Waals surface area contributed by atoms with Crippen molar-refractivity contribution in [2.75, 3.05) is 19.7 Å². The van der Waals surface area contributed by atoms with E-state index in [1.807, 2.05) is 31.4 Å². The molecule has 2 heterocycles. The molecule has 0 spiro atoms. The molecule has 0 saturated carbocycles. The summed E-state index contributed by atoms with van der Waals surface area (Å²) in [5.41, 5.74) is 7.73. The maximum atomic E-state index is 12.3. The van der Waals surface area contributed by atoms with Crippen LogP contribution in [0.25, 0.3) is 0 Å². The van der Waals surface area contributed by atoms with Gasteiger partial charge in [0.05, 0.1) is 5.92 Å². The van der Waals surface area contributed by atoms with E-state index in [2.05, 4.69) is 0 Å². The number of carbonyl (C=O) groups is 3. The number of aryl methyl sites for hydroxylation is 1. The molecule has 1 aromatic rings. The molecule has 7 heteroatoms. The van der Waals surface area contributed by atoms with Crippen molar-refractivity contribution in [1.82, 2.24) is 9.47 Å². The van der Waals surface area contributed by atoms with Gasteiger partial charge in [0.25, 0.3) is 0 Å². The monoisotopic (exact) mass is 335 g/mol. The molecule has 0 aromatic carbocycles. The lowest BCUT2D eigenvalue weighted by molar-refractivity contribution is -0.148. The summed E-state index contributed by atoms with van der Waals surface area (Å²) in [5.74, 6) is -1.07. The van der Waals surface area contributed by atoms with Crippen molar-refractivity contribution in [3.05, 3.63) is 23.0 Å². The third-order valence-electron chi connectivity index (χ3n) is 4.60. The molecule has 2 rings (SSSR count). The number of rotatable bonds is 5. The minimum Gasteiger partial charge on any atom is -0.457 e. The minimum absolute atomic E-state index is 0.210. The lowest BCUT2D eigenvalue weighted by Crippen LogP contribution is -2.45. The Kier molecular flexibility index (Phi) is 5.64. The number of aromatic nitrogens is 1. The highest BCUT2D eigenvalue weighted by Crippen LogP contribution is 2.19. The summed E-state index contributed by atoms with van der Waals surface area (Å²) in [6.45, 7) is 7.17. The van der Waals surface area contributed by atoms with Crippen LogP contribution in [0.4, 0.5) is 4.79 Å². The lowest BCUT2D eigenvalue weighted by atomic mass is 9.98. The number of primary amides is 1. The predicted octanol–water partition coefficient (Wildman–Crippen LogP) is 1.64. The SMILES string of the molecule is CCn1c(C)cc(C(=O)COC(=O)C2CCCN(C(N)=O)C2)c1C. The molecule has 2 N–H and O–H groups in total. The highest BCUT2D eigenvalue weighted by atomic mass is 16.5. The number of urea groups is 1. The molecular weight excluding hydrogens is 310 g/mol. The molecule has 2 amide bonds. The summed E-state index contributed by atoms with van der Waals surface area (Å²) >= 11 is 0. The van der Waals surface area contributed by atoms with Crippen LogP contribution >= 0.6 is 0 Å². The first-order chi connectivity index (χ1) is 11.3. The van der Waals surface area contributed by atoms with Crippen molar-refractivity contribution in [2.45, 2.75) is 40.2 Å². The maximum Gasteiger partial charge on any atom is 0.314 e. The molecule has 1 aromatic heterocycles. The lowest BCUT2D eigenvalue weighted by Gasteiger charge is -2.30. The zero-order valence-corrected chi connectivity index (χ0v) is 14.5. The number of piperidine rings is 1. The molecule has 7 nitrogen and oxygen atoms in total. The number of likely N-dealkylation sites (tertiary alicyclic amines) is 1. The third-order valence-corrected chi connectivity index (χ3v) is 4.60. The van der Waals surface area contributed by atoms with Gasteiger partial charge in [-0.25, -0.2) is 4.79 Å². The number of ketones is 1. The molecule has 1 saturated heterocycles. The Morgan fingerprint density at radius 2 is 2.04 bits per heavy atom. The fourth-order valence-electron chi connectivity index (χ4n) is 3.27. The van der Waals surface area contributed by atoms with Crippen molar-refractivity contribution < 1.29 is 19.1 Å². The predicted molar refractivity (Wildman–Crippen MR) is 88.7 cm³/mol. The minimum atomic E-state index is -0.532. The van der Waals surface area contributed by atoms with Crippen molar-refractivity contribution in [3.8, 4) is 0 Å². The van der Waals surface area contributed by atoms with Gasteiger partial charge >= 0.3 is 12.0 Å². The summed E-state index contributed by atoms with van der Waals surface area (Å²) in [6, 6.07) is 1.29.